The predicted octanol–water partition coefficient (Wildman–Crippen LogP) is 4.46. The monoisotopic (exact) mass is 466 g/mol. The number of carbonyl (C=O) groups excluding carboxylic acids is 1. The number of methoxy groups -OCH3 is 1. The van der Waals surface area contributed by atoms with E-state index in [2.05, 4.69) is 11.4 Å². The average molecular weight is 467 g/mol. The highest BCUT2D eigenvalue weighted by molar-refractivity contribution is 7.92. The summed E-state index contributed by atoms with van der Waals surface area (Å²) in [6.07, 6.45) is 1.74. The average Bonchev–Trinajstić information content (AvgIpc) is 2.80. The van der Waals surface area contributed by atoms with Crippen LogP contribution in [0.2, 0.25) is 0 Å². The molecule has 0 saturated carbocycles. The fourth-order valence-corrected chi connectivity index (χ4v) is 4.68. The van der Waals surface area contributed by atoms with Crippen molar-refractivity contribution in [1.29, 1.82) is 0 Å². The van der Waals surface area contributed by atoms with E-state index in [1.807, 2.05) is 55.5 Å². The minimum atomic E-state index is -3.51. The highest BCUT2D eigenvalue weighted by Crippen LogP contribution is 2.25. The molecule has 3 aromatic rings. The highest BCUT2D eigenvalue weighted by atomic mass is 32.2. The number of hydrogen-bond donors (Lipinski definition) is 1. The van der Waals surface area contributed by atoms with Crippen molar-refractivity contribution < 1.29 is 17.9 Å². The topological polar surface area (TPSA) is 75.7 Å². The van der Waals surface area contributed by atoms with Crippen molar-refractivity contribution in [1.82, 2.24) is 5.32 Å². The minimum Gasteiger partial charge on any atom is -0.497 e. The molecule has 0 saturated heterocycles. The van der Waals surface area contributed by atoms with Gasteiger partial charge in [0, 0.05) is 19.0 Å². The van der Waals surface area contributed by atoms with Gasteiger partial charge in [0.2, 0.25) is 15.9 Å². The number of ether oxygens (including phenoxy) is 1. The Morgan fingerprint density at radius 2 is 1.67 bits per heavy atom. The zero-order valence-corrected chi connectivity index (χ0v) is 20.0. The number of nitrogens with one attached hydrogen (secondary N) is 1. The lowest BCUT2D eigenvalue weighted by molar-refractivity contribution is -0.121. The summed E-state index contributed by atoms with van der Waals surface area (Å²) >= 11 is 0. The lowest BCUT2D eigenvalue weighted by Crippen LogP contribution is -2.33. The summed E-state index contributed by atoms with van der Waals surface area (Å²) < 4.78 is 31.3. The number of rotatable bonds is 10. The second-order valence-electron chi connectivity index (χ2n) is 7.97. The van der Waals surface area contributed by atoms with Gasteiger partial charge in [0.05, 0.1) is 25.1 Å². The van der Waals surface area contributed by atoms with Gasteiger partial charge in [-0.15, -0.1) is 0 Å². The van der Waals surface area contributed by atoms with Gasteiger partial charge in [-0.1, -0.05) is 66.2 Å². The quantitative estimate of drug-likeness (QED) is 0.479. The van der Waals surface area contributed by atoms with Crippen LogP contribution in [0.1, 0.15) is 35.6 Å². The first-order chi connectivity index (χ1) is 15.8. The number of sulfonamides is 1. The highest BCUT2D eigenvalue weighted by Gasteiger charge is 2.20. The first-order valence-corrected chi connectivity index (χ1v) is 12.7. The van der Waals surface area contributed by atoms with E-state index in [9.17, 15) is 13.2 Å². The number of hydrogen-bond acceptors (Lipinski definition) is 4. The third kappa shape index (κ3) is 6.83. The minimum absolute atomic E-state index is 0.135. The first kappa shape index (κ1) is 24.3. The van der Waals surface area contributed by atoms with Crippen molar-refractivity contribution in [3.63, 3.8) is 0 Å². The molecule has 1 N–H and O–H groups in total. The fourth-order valence-electron chi connectivity index (χ4n) is 3.72. The summed E-state index contributed by atoms with van der Waals surface area (Å²) in [5, 5.41) is 3.12. The van der Waals surface area contributed by atoms with Crippen LogP contribution in [-0.4, -0.2) is 34.2 Å². The third-order valence-electron chi connectivity index (χ3n) is 5.32. The lowest BCUT2D eigenvalue weighted by Gasteiger charge is -2.23. The van der Waals surface area contributed by atoms with Gasteiger partial charge in [-0.05, 0) is 36.6 Å². The summed E-state index contributed by atoms with van der Waals surface area (Å²) in [6.45, 7) is 2.21. The third-order valence-corrected chi connectivity index (χ3v) is 6.51. The van der Waals surface area contributed by atoms with E-state index in [-0.39, 0.29) is 24.9 Å². The fraction of sp³-hybridized carbons (Fsp3) is 0.269. The van der Waals surface area contributed by atoms with Gasteiger partial charge in [0.25, 0.3) is 0 Å². The molecule has 3 rings (SSSR count). The van der Waals surface area contributed by atoms with Crippen LogP contribution in [0.15, 0.2) is 78.9 Å². The molecule has 174 valence electrons. The second-order valence-corrected chi connectivity index (χ2v) is 9.87. The molecule has 0 bridgehead atoms. The van der Waals surface area contributed by atoms with Gasteiger partial charge in [0.15, 0.2) is 0 Å². The van der Waals surface area contributed by atoms with Crippen molar-refractivity contribution in [2.45, 2.75) is 25.8 Å². The Bertz CT molecular complexity index is 1180. The largest absolute Gasteiger partial charge is 0.497 e. The van der Waals surface area contributed by atoms with E-state index < -0.39 is 10.0 Å². The van der Waals surface area contributed by atoms with Gasteiger partial charge in [-0.2, -0.15) is 0 Å². The number of anilines is 1. The van der Waals surface area contributed by atoms with E-state index >= 15 is 0 Å². The van der Waals surface area contributed by atoms with Gasteiger partial charge < -0.3 is 10.1 Å². The van der Waals surface area contributed by atoms with Crippen LogP contribution in [0, 0.1) is 6.92 Å². The molecule has 0 heterocycles. The number of nitrogens with zero attached hydrogens (tertiary/aromatic N) is 1. The molecule has 1 amide bonds. The van der Waals surface area contributed by atoms with Crippen LogP contribution in [0.4, 0.5) is 5.69 Å². The van der Waals surface area contributed by atoms with Crippen LogP contribution < -0.4 is 14.4 Å². The van der Waals surface area contributed by atoms with Crippen molar-refractivity contribution in [3.8, 4) is 5.75 Å². The van der Waals surface area contributed by atoms with Crippen LogP contribution in [0.25, 0.3) is 0 Å². The molecule has 0 aliphatic rings. The molecule has 33 heavy (non-hydrogen) atoms. The summed E-state index contributed by atoms with van der Waals surface area (Å²) in [6, 6.07) is 24.5. The Morgan fingerprint density at radius 1 is 0.970 bits per heavy atom. The first-order valence-electron chi connectivity index (χ1n) is 10.8. The second kappa shape index (κ2) is 11.0. The molecule has 0 radical (unpaired) electrons. The maximum atomic E-state index is 12.9. The van der Waals surface area contributed by atoms with Gasteiger partial charge in [0.1, 0.15) is 5.75 Å². The van der Waals surface area contributed by atoms with Gasteiger partial charge in [-0.3, -0.25) is 9.10 Å². The van der Waals surface area contributed by atoms with Gasteiger partial charge >= 0.3 is 0 Å². The Hall–Kier alpha value is -3.32. The van der Waals surface area contributed by atoms with Crippen molar-refractivity contribution in [2.75, 3.05) is 24.2 Å². The summed E-state index contributed by atoms with van der Waals surface area (Å²) in [5.74, 6) is 0.437. The molecule has 7 heteroatoms. The molecular formula is C26H30N2O4S. The molecule has 0 spiro atoms. The van der Waals surface area contributed by atoms with E-state index in [0.29, 0.717) is 17.9 Å². The van der Waals surface area contributed by atoms with E-state index in [1.54, 1.807) is 24.3 Å². The Morgan fingerprint density at radius 3 is 2.33 bits per heavy atom. The normalized spacial score (nSPS) is 12.1. The Balaban J connectivity index is 1.70. The van der Waals surface area contributed by atoms with E-state index in [0.717, 1.165) is 22.9 Å². The van der Waals surface area contributed by atoms with Gasteiger partial charge in [-0.25, -0.2) is 8.42 Å². The smallest absolute Gasteiger partial charge is 0.232 e. The Labute approximate surface area is 196 Å². The van der Waals surface area contributed by atoms with E-state index in [4.69, 9.17) is 4.74 Å². The van der Waals surface area contributed by atoms with Crippen LogP contribution >= 0.6 is 0 Å². The molecule has 0 aromatic heterocycles. The standard InChI is InChI=1S/C26H30N2O4S/c1-20-10-7-13-22(18-20)26(21-11-5-4-6-12-21)27-25(29)16-9-17-28(33(3,30)31)23-14-8-15-24(19-23)32-2/h4-8,10-15,18-19,26H,9,16-17H2,1-3H3,(H,27,29)/t26-/m0/s1. The number of carbonyl (C=O) groups is 1. The van der Waals surface area contributed by atoms with Crippen LogP contribution in [-0.2, 0) is 14.8 Å². The molecule has 0 fully saturated rings. The number of benzene rings is 3. The molecule has 0 aliphatic heterocycles. The molecular weight excluding hydrogens is 436 g/mol. The summed E-state index contributed by atoms with van der Waals surface area (Å²) in [5.41, 5.74) is 3.62. The lowest BCUT2D eigenvalue weighted by atomic mass is 9.97. The van der Waals surface area contributed by atoms with Crippen LogP contribution in [0.5, 0.6) is 5.75 Å². The SMILES string of the molecule is COc1cccc(N(CCCC(=O)N[C@@H](c2ccccc2)c2cccc(C)c2)S(C)(=O)=O)c1. The zero-order valence-electron chi connectivity index (χ0n) is 19.2. The van der Waals surface area contributed by atoms with Crippen molar-refractivity contribution >= 4 is 21.6 Å². The zero-order chi connectivity index (χ0) is 23.8. The van der Waals surface area contributed by atoms with Crippen molar-refractivity contribution in [2.24, 2.45) is 0 Å². The molecule has 3 aromatic carbocycles. The Kier molecular flexibility index (Phi) is 8.11. The summed E-state index contributed by atoms with van der Waals surface area (Å²) in [7, 11) is -1.98. The predicted molar refractivity (Wildman–Crippen MR) is 132 cm³/mol. The number of amides is 1. The molecule has 0 aliphatic carbocycles. The molecule has 0 unspecified atom stereocenters. The maximum Gasteiger partial charge on any atom is 0.232 e. The molecule has 6 nitrogen and oxygen atoms in total. The number of aryl methyl sites for hydroxylation is 1. The van der Waals surface area contributed by atoms with Crippen molar-refractivity contribution in [3.05, 3.63) is 95.6 Å². The maximum absolute atomic E-state index is 12.9. The van der Waals surface area contributed by atoms with E-state index in [1.165, 1.54) is 11.4 Å². The summed E-state index contributed by atoms with van der Waals surface area (Å²) in [4.78, 5) is 12.9. The van der Waals surface area contributed by atoms with Crippen LogP contribution in [0.3, 0.4) is 0 Å². The molecule has 1 atom stereocenters.